The maximum Gasteiger partial charge on any atom is 0.387 e. The number of fused-ring (bicyclic) bond motifs is 1. The molecule has 1 fully saturated rings. The third-order valence-electron chi connectivity index (χ3n) is 6.19. The summed E-state index contributed by atoms with van der Waals surface area (Å²) in [4.78, 5) is 4.69. The molecule has 0 spiro atoms. The van der Waals surface area contributed by atoms with E-state index in [4.69, 9.17) is 9.47 Å². The molecule has 31 heavy (non-hydrogen) atoms. The van der Waals surface area contributed by atoms with Crippen molar-refractivity contribution >= 4 is 11.4 Å². The van der Waals surface area contributed by atoms with Crippen LogP contribution < -0.4 is 24.0 Å². The first-order valence-electron chi connectivity index (χ1n) is 10.6. The van der Waals surface area contributed by atoms with Crippen molar-refractivity contribution in [1.29, 1.82) is 0 Å². The van der Waals surface area contributed by atoms with E-state index < -0.39 is 6.61 Å². The van der Waals surface area contributed by atoms with Crippen LogP contribution in [0.4, 0.5) is 20.2 Å². The molecule has 0 N–H and O–H groups in total. The molecule has 1 saturated heterocycles. The molecule has 0 aromatic heterocycles. The highest BCUT2D eigenvalue weighted by atomic mass is 19.3. The second-order valence-corrected chi connectivity index (χ2v) is 8.82. The van der Waals surface area contributed by atoms with Crippen molar-refractivity contribution in [2.24, 2.45) is 0 Å². The molecule has 0 radical (unpaired) electrons. The Morgan fingerprint density at radius 1 is 0.968 bits per heavy atom. The van der Waals surface area contributed by atoms with Gasteiger partial charge in [0.25, 0.3) is 0 Å². The maximum atomic E-state index is 12.4. The lowest BCUT2D eigenvalue weighted by Gasteiger charge is -2.39. The quantitative estimate of drug-likeness (QED) is 0.668. The Kier molecular flexibility index (Phi) is 5.62. The summed E-state index contributed by atoms with van der Waals surface area (Å²) in [6.45, 7) is 9.11. The van der Waals surface area contributed by atoms with Gasteiger partial charge in [0.1, 0.15) is 11.4 Å². The topological polar surface area (TPSA) is 34.2 Å². The number of nitrogens with zero attached hydrogens (tertiary/aromatic N) is 2. The van der Waals surface area contributed by atoms with Crippen LogP contribution in [0.2, 0.25) is 0 Å². The zero-order chi connectivity index (χ0) is 22.3. The molecule has 2 aromatic carbocycles. The molecule has 2 aliphatic rings. The Labute approximate surface area is 182 Å². The van der Waals surface area contributed by atoms with E-state index in [1.165, 1.54) is 16.8 Å². The molecule has 168 valence electrons. The van der Waals surface area contributed by atoms with Gasteiger partial charge in [0, 0.05) is 55.1 Å². The normalized spacial score (nSPS) is 17.5. The summed E-state index contributed by atoms with van der Waals surface area (Å²) in [6.07, 6.45) is 0.866. The van der Waals surface area contributed by atoms with Crippen molar-refractivity contribution in [1.82, 2.24) is 0 Å². The van der Waals surface area contributed by atoms with Gasteiger partial charge in [0.15, 0.2) is 11.5 Å². The average molecular weight is 433 g/mol. The Balaban J connectivity index is 1.53. The van der Waals surface area contributed by atoms with Crippen LogP contribution in [0.5, 0.6) is 17.2 Å². The SMILES string of the molecule is COc1c(C)c(N2CCN(c3ccc(OC(F)F)cc3)CC2)c(C)c2c1OC(C)(C)C2. The van der Waals surface area contributed by atoms with Crippen LogP contribution >= 0.6 is 0 Å². The van der Waals surface area contributed by atoms with Crippen LogP contribution in [-0.2, 0) is 6.42 Å². The number of halogens is 2. The van der Waals surface area contributed by atoms with E-state index in [9.17, 15) is 8.78 Å². The molecule has 0 bridgehead atoms. The monoisotopic (exact) mass is 432 g/mol. The number of rotatable bonds is 5. The standard InChI is InChI=1S/C24H30F2N2O3/c1-15-19-14-24(3,4)31-22(19)21(29-5)16(2)20(15)28-12-10-27(11-13-28)17-6-8-18(9-7-17)30-23(25)26/h6-9,23H,10-14H2,1-5H3. The first-order valence-corrected chi connectivity index (χ1v) is 10.6. The lowest BCUT2D eigenvalue weighted by molar-refractivity contribution is -0.0498. The van der Waals surface area contributed by atoms with Crippen molar-refractivity contribution in [2.75, 3.05) is 43.1 Å². The van der Waals surface area contributed by atoms with Crippen LogP contribution in [0.3, 0.4) is 0 Å². The molecule has 0 amide bonds. The highest BCUT2D eigenvalue weighted by Crippen LogP contribution is 2.50. The fourth-order valence-corrected chi connectivity index (χ4v) is 4.82. The van der Waals surface area contributed by atoms with E-state index in [-0.39, 0.29) is 11.4 Å². The number of ether oxygens (including phenoxy) is 3. The van der Waals surface area contributed by atoms with Crippen molar-refractivity contribution in [3.8, 4) is 17.2 Å². The summed E-state index contributed by atoms with van der Waals surface area (Å²) < 4.78 is 41.2. The first kappa shape index (κ1) is 21.5. The summed E-state index contributed by atoms with van der Waals surface area (Å²) >= 11 is 0. The van der Waals surface area contributed by atoms with Crippen molar-refractivity contribution in [3.05, 3.63) is 41.0 Å². The number of hydrogen-bond acceptors (Lipinski definition) is 5. The summed E-state index contributed by atoms with van der Waals surface area (Å²) in [5.74, 6) is 1.90. The van der Waals surface area contributed by atoms with Crippen molar-refractivity contribution in [2.45, 2.75) is 46.3 Å². The third-order valence-corrected chi connectivity index (χ3v) is 6.19. The molecular formula is C24H30F2N2O3. The molecule has 2 aliphatic heterocycles. The largest absolute Gasteiger partial charge is 0.492 e. The van der Waals surface area contributed by atoms with Crippen LogP contribution in [0.1, 0.15) is 30.5 Å². The predicted molar refractivity (Wildman–Crippen MR) is 118 cm³/mol. The van der Waals surface area contributed by atoms with Gasteiger partial charge in [-0.3, -0.25) is 0 Å². The van der Waals surface area contributed by atoms with Crippen LogP contribution in [0.15, 0.2) is 24.3 Å². The molecule has 2 aromatic rings. The van der Waals surface area contributed by atoms with E-state index >= 15 is 0 Å². The summed E-state index contributed by atoms with van der Waals surface area (Å²) in [5.41, 5.74) is 5.62. The molecule has 4 rings (SSSR count). The van der Waals surface area contributed by atoms with E-state index in [0.717, 1.165) is 55.3 Å². The van der Waals surface area contributed by atoms with Crippen LogP contribution in [-0.4, -0.2) is 45.5 Å². The highest BCUT2D eigenvalue weighted by molar-refractivity contribution is 5.73. The Hall–Kier alpha value is -2.70. The number of anilines is 2. The number of alkyl halides is 2. The molecule has 7 heteroatoms. The second kappa shape index (κ2) is 8.09. The molecule has 0 atom stereocenters. The van der Waals surface area contributed by atoms with Crippen LogP contribution in [0, 0.1) is 13.8 Å². The van der Waals surface area contributed by atoms with Gasteiger partial charge in [-0.1, -0.05) is 0 Å². The predicted octanol–water partition coefficient (Wildman–Crippen LogP) is 4.95. The molecule has 0 aliphatic carbocycles. The Morgan fingerprint density at radius 2 is 1.58 bits per heavy atom. The van der Waals surface area contributed by atoms with Gasteiger partial charge in [-0.25, -0.2) is 0 Å². The Bertz CT molecular complexity index is 953. The summed E-state index contributed by atoms with van der Waals surface area (Å²) in [7, 11) is 1.70. The number of piperazine rings is 1. The second-order valence-electron chi connectivity index (χ2n) is 8.82. The fourth-order valence-electron chi connectivity index (χ4n) is 4.82. The smallest absolute Gasteiger partial charge is 0.387 e. The number of methoxy groups -OCH3 is 1. The zero-order valence-electron chi connectivity index (χ0n) is 18.8. The van der Waals surface area contributed by atoms with Crippen molar-refractivity contribution in [3.63, 3.8) is 0 Å². The molecule has 5 nitrogen and oxygen atoms in total. The molecule has 2 heterocycles. The van der Waals surface area contributed by atoms with E-state index in [0.29, 0.717) is 0 Å². The van der Waals surface area contributed by atoms with Gasteiger partial charge < -0.3 is 24.0 Å². The van der Waals surface area contributed by atoms with E-state index in [1.54, 1.807) is 19.2 Å². The Morgan fingerprint density at radius 3 is 2.16 bits per heavy atom. The number of benzene rings is 2. The minimum absolute atomic E-state index is 0.180. The molecule has 0 saturated carbocycles. The summed E-state index contributed by atoms with van der Waals surface area (Å²) in [5, 5.41) is 0. The zero-order valence-corrected chi connectivity index (χ0v) is 18.8. The highest BCUT2D eigenvalue weighted by Gasteiger charge is 2.37. The fraction of sp³-hybridized carbons (Fsp3) is 0.500. The van der Waals surface area contributed by atoms with Gasteiger partial charge in [-0.2, -0.15) is 8.78 Å². The minimum Gasteiger partial charge on any atom is -0.492 e. The average Bonchev–Trinajstić information content (AvgIpc) is 3.04. The molecule has 0 unspecified atom stereocenters. The maximum absolute atomic E-state index is 12.4. The first-order chi connectivity index (χ1) is 14.7. The lowest BCUT2D eigenvalue weighted by atomic mass is 9.93. The molecular weight excluding hydrogens is 402 g/mol. The van der Waals surface area contributed by atoms with Crippen molar-refractivity contribution < 1.29 is 23.0 Å². The van der Waals surface area contributed by atoms with Crippen LogP contribution in [0.25, 0.3) is 0 Å². The summed E-state index contributed by atoms with van der Waals surface area (Å²) in [6, 6.07) is 6.86. The third kappa shape index (κ3) is 4.10. The minimum atomic E-state index is -2.80. The van der Waals surface area contributed by atoms with Gasteiger partial charge in [0.05, 0.1) is 7.11 Å². The van der Waals surface area contributed by atoms with E-state index in [1.807, 2.05) is 12.1 Å². The lowest BCUT2D eigenvalue weighted by Crippen LogP contribution is -2.47. The van der Waals surface area contributed by atoms with Gasteiger partial charge in [-0.05, 0) is 57.5 Å². The van der Waals surface area contributed by atoms with Gasteiger partial charge in [-0.15, -0.1) is 0 Å². The van der Waals surface area contributed by atoms with Gasteiger partial charge in [0.2, 0.25) is 0 Å². The van der Waals surface area contributed by atoms with Gasteiger partial charge >= 0.3 is 6.61 Å². The van der Waals surface area contributed by atoms with E-state index in [2.05, 4.69) is 42.2 Å². The number of hydrogen-bond donors (Lipinski definition) is 0.